The lowest BCUT2D eigenvalue weighted by Gasteiger charge is -2.35. The molecule has 8 heteroatoms. The van der Waals surface area contributed by atoms with Gasteiger partial charge in [-0.2, -0.15) is 13.2 Å². The van der Waals surface area contributed by atoms with E-state index in [0.717, 1.165) is 12.1 Å². The molecule has 0 aromatic heterocycles. The number of nitrogens with one attached hydrogen (secondary N) is 2. The Balaban J connectivity index is 2.23. The second-order valence-electron chi connectivity index (χ2n) is 5.64. The zero-order valence-corrected chi connectivity index (χ0v) is 14.2. The number of ether oxygens (including phenoxy) is 1. The number of halogens is 4. The summed E-state index contributed by atoms with van der Waals surface area (Å²) in [7, 11) is 1.51. The Hall–Kier alpha value is -1.12. The van der Waals surface area contributed by atoms with Crippen LogP contribution in [0, 0.1) is 5.41 Å². The Labute approximate surface area is 140 Å². The summed E-state index contributed by atoms with van der Waals surface area (Å²) in [6.45, 7) is 1.58. The third-order valence-electron chi connectivity index (χ3n) is 3.95. The molecule has 1 fully saturated rings. The number of carbonyl (C=O) groups is 1. The maximum atomic E-state index is 12.9. The molecule has 1 amide bonds. The summed E-state index contributed by atoms with van der Waals surface area (Å²) >= 11 is 3.05. The van der Waals surface area contributed by atoms with Gasteiger partial charge in [-0.3, -0.25) is 4.79 Å². The molecule has 128 valence electrons. The molecule has 1 heterocycles. The number of anilines is 1. The van der Waals surface area contributed by atoms with Crippen molar-refractivity contribution in [2.75, 3.05) is 32.1 Å². The SMILES string of the molecule is COCC1(C(=O)Nc2cc(Br)cc(C(F)(F)F)c2)CCNCC1. The molecule has 2 N–H and O–H groups in total. The van der Waals surface area contributed by atoms with Gasteiger partial charge in [-0.15, -0.1) is 0 Å². The van der Waals surface area contributed by atoms with E-state index in [1.165, 1.54) is 13.2 Å². The van der Waals surface area contributed by atoms with Crippen molar-refractivity contribution < 1.29 is 22.7 Å². The summed E-state index contributed by atoms with van der Waals surface area (Å²) in [5, 5.41) is 5.78. The van der Waals surface area contributed by atoms with Gasteiger partial charge in [0, 0.05) is 17.3 Å². The summed E-state index contributed by atoms with van der Waals surface area (Å²) in [5.74, 6) is -0.313. The average molecular weight is 395 g/mol. The maximum Gasteiger partial charge on any atom is 0.416 e. The minimum atomic E-state index is -4.47. The Morgan fingerprint density at radius 3 is 2.57 bits per heavy atom. The molecule has 1 aliphatic heterocycles. The van der Waals surface area contributed by atoms with Crippen LogP contribution >= 0.6 is 15.9 Å². The van der Waals surface area contributed by atoms with Crippen LogP contribution in [0.25, 0.3) is 0 Å². The van der Waals surface area contributed by atoms with Gasteiger partial charge in [-0.05, 0) is 44.1 Å². The Morgan fingerprint density at radius 1 is 1.35 bits per heavy atom. The lowest BCUT2D eigenvalue weighted by Crippen LogP contribution is -2.47. The molecular weight excluding hydrogens is 377 g/mol. The van der Waals surface area contributed by atoms with Gasteiger partial charge in [-0.1, -0.05) is 15.9 Å². The molecule has 0 saturated carbocycles. The fraction of sp³-hybridized carbons (Fsp3) is 0.533. The van der Waals surface area contributed by atoms with E-state index in [2.05, 4.69) is 26.6 Å². The molecule has 0 atom stereocenters. The lowest BCUT2D eigenvalue weighted by atomic mass is 9.78. The standard InChI is InChI=1S/C15H18BrF3N2O2/c1-23-9-14(2-4-20-5-3-14)13(22)21-12-7-10(15(17,18)19)6-11(16)8-12/h6-8,20H,2-5,9H2,1H3,(H,21,22). The number of alkyl halides is 3. The number of carbonyl (C=O) groups excluding carboxylic acids is 1. The first-order valence-electron chi connectivity index (χ1n) is 7.16. The monoisotopic (exact) mass is 394 g/mol. The number of methoxy groups -OCH3 is 1. The molecule has 0 spiro atoms. The third-order valence-corrected chi connectivity index (χ3v) is 4.40. The van der Waals surface area contributed by atoms with Gasteiger partial charge in [0.05, 0.1) is 17.6 Å². The predicted octanol–water partition coefficient (Wildman–Crippen LogP) is 3.42. The molecule has 1 aromatic rings. The molecule has 4 nitrogen and oxygen atoms in total. The topological polar surface area (TPSA) is 50.4 Å². The van der Waals surface area contributed by atoms with Gasteiger partial charge in [0.1, 0.15) is 0 Å². The highest BCUT2D eigenvalue weighted by molar-refractivity contribution is 9.10. The smallest absolute Gasteiger partial charge is 0.384 e. The van der Waals surface area contributed by atoms with Crippen molar-refractivity contribution in [2.45, 2.75) is 19.0 Å². The van der Waals surface area contributed by atoms with E-state index in [9.17, 15) is 18.0 Å². The molecule has 23 heavy (non-hydrogen) atoms. The zero-order chi connectivity index (χ0) is 17.1. The van der Waals surface area contributed by atoms with Crippen molar-refractivity contribution in [3.05, 3.63) is 28.2 Å². The first-order chi connectivity index (χ1) is 10.8. The Bertz CT molecular complexity index is 567. The van der Waals surface area contributed by atoms with Crippen LogP contribution in [0.1, 0.15) is 18.4 Å². The highest BCUT2D eigenvalue weighted by Gasteiger charge is 2.40. The van der Waals surface area contributed by atoms with Crippen LogP contribution in [0.3, 0.4) is 0 Å². The van der Waals surface area contributed by atoms with E-state index in [-0.39, 0.29) is 22.7 Å². The van der Waals surface area contributed by atoms with Crippen molar-refractivity contribution in [1.82, 2.24) is 5.32 Å². The van der Waals surface area contributed by atoms with E-state index in [1.807, 2.05) is 0 Å². The fourth-order valence-corrected chi connectivity index (χ4v) is 3.20. The molecule has 0 unspecified atom stereocenters. The van der Waals surface area contributed by atoms with Gasteiger partial charge in [-0.25, -0.2) is 0 Å². The van der Waals surface area contributed by atoms with Crippen LogP contribution in [0.4, 0.5) is 18.9 Å². The van der Waals surface area contributed by atoms with Crippen LogP contribution < -0.4 is 10.6 Å². The van der Waals surface area contributed by atoms with Crippen LogP contribution in [-0.4, -0.2) is 32.7 Å². The summed E-state index contributed by atoms with van der Waals surface area (Å²) < 4.78 is 44.0. The Kier molecular flexibility index (Phi) is 5.70. The first-order valence-corrected chi connectivity index (χ1v) is 7.95. The highest BCUT2D eigenvalue weighted by Crippen LogP contribution is 2.35. The number of hydrogen-bond acceptors (Lipinski definition) is 3. The molecule has 0 bridgehead atoms. The Morgan fingerprint density at radius 2 is 2.00 bits per heavy atom. The number of amides is 1. The molecule has 2 rings (SSSR count). The quantitative estimate of drug-likeness (QED) is 0.822. The zero-order valence-electron chi connectivity index (χ0n) is 12.6. The summed E-state index contributed by atoms with van der Waals surface area (Å²) in [6, 6.07) is 3.37. The van der Waals surface area contributed by atoms with Crippen LogP contribution in [0.15, 0.2) is 22.7 Å². The molecule has 0 radical (unpaired) electrons. The number of piperidine rings is 1. The van der Waals surface area contributed by atoms with Crippen molar-refractivity contribution >= 4 is 27.5 Å². The molecular formula is C15H18BrF3N2O2. The fourth-order valence-electron chi connectivity index (χ4n) is 2.71. The van der Waals surface area contributed by atoms with Gasteiger partial charge in [0.2, 0.25) is 5.91 Å². The van der Waals surface area contributed by atoms with Gasteiger partial charge >= 0.3 is 6.18 Å². The average Bonchev–Trinajstić information content (AvgIpc) is 2.47. The number of benzene rings is 1. The molecule has 1 aliphatic rings. The summed E-state index contributed by atoms with van der Waals surface area (Å²) in [5.41, 5.74) is -1.42. The van der Waals surface area contributed by atoms with E-state index in [0.29, 0.717) is 25.9 Å². The minimum Gasteiger partial charge on any atom is -0.384 e. The number of rotatable bonds is 4. The van der Waals surface area contributed by atoms with E-state index in [4.69, 9.17) is 4.74 Å². The van der Waals surface area contributed by atoms with Gasteiger partial charge < -0.3 is 15.4 Å². The van der Waals surface area contributed by atoms with E-state index < -0.39 is 17.2 Å². The van der Waals surface area contributed by atoms with Gasteiger partial charge in [0.15, 0.2) is 0 Å². The second kappa shape index (κ2) is 7.19. The molecule has 1 aromatic carbocycles. The largest absolute Gasteiger partial charge is 0.416 e. The lowest BCUT2D eigenvalue weighted by molar-refractivity contribution is -0.137. The molecule has 1 saturated heterocycles. The normalized spacial score (nSPS) is 17.8. The highest BCUT2D eigenvalue weighted by atomic mass is 79.9. The van der Waals surface area contributed by atoms with Crippen LogP contribution in [0.5, 0.6) is 0 Å². The van der Waals surface area contributed by atoms with Crippen molar-refractivity contribution in [3.63, 3.8) is 0 Å². The minimum absolute atomic E-state index is 0.116. The van der Waals surface area contributed by atoms with Crippen LogP contribution in [-0.2, 0) is 15.7 Å². The molecule has 0 aliphatic carbocycles. The van der Waals surface area contributed by atoms with Gasteiger partial charge in [0.25, 0.3) is 0 Å². The summed E-state index contributed by atoms with van der Waals surface area (Å²) in [4.78, 5) is 12.6. The summed E-state index contributed by atoms with van der Waals surface area (Å²) in [6.07, 6.45) is -3.32. The predicted molar refractivity (Wildman–Crippen MR) is 84.2 cm³/mol. The van der Waals surface area contributed by atoms with Crippen molar-refractivity contribution in [3.8, 4) is 0 Å². The first kappa shape index (κ1) is 18.2. The van der Waals surface area contributed by atoms with Crippen LogP contribution in [0.2, 0.25) is 0 Å². The van der Waals surface area contributed by atoms with E-state index in [1.54, 1.807) is 0 Å². The van der Waals surface area contributed by atoms with E-state index >= 15 is 0 Å². The maximum absolute atomic E-state index is 12.9. The second-order valence-corrected chi connectivity index (χ2v) is 6.56. The van der Waals surface area contributed by atoms with Crippen molar-refractivity contribution in [2.24, 2.45) is 5.41 Å². The third kappa shape index (κ3) is 4.45. The van der Waals surface area contributed by atoms with Crippen molar-refractivity contribution in [1.29, 1.82) is 0 Å². The number of hydrogen-bond donors (Lipinski definition) is 2.